The van der Waals surface area contributed by atoms with Gasteiger partial charge in [-0.15, -0.1) is 0 Å². The third-order valence-electron chi connectivity index (χ3n) is 5.91. The fourth-order valence-electron chi connectivity index (χ4n) is 4.05. The molecule has 7 nitrogen and oxygen atoms in total. The number of hydrogen-bond donors (Lipinski definition) is 2. The summed E-state index contributed by atoms with van der Waals surface area (Å²) < 4.78 is 16.7. The summed E-state index contributed by atoms with van der Waals surface area (Å²) in [7, 11) is 0. The quantitative estimate of drug-likeness (QED) is 0.660. The first-order valence-electron chi connectivity index (χ1n) is 10.9. The highest BCUT2D eigenvalue weighted by Crippen LogP contribution is 2.35. The summed E-state index contributed by atoms with van der Waals surface area (Å²) >= 11 is 6.20. The molecule has 0 bridgehead atoms. The van der Waals surface area contributed by atoms with Gasteiger partial charge in [-0.2, -0.15) is 0 Å². The number of carbonyl (C=O) groups is 1. The summed E-state index contributed by atoms with van der Waals surface area (Å²) in [4.78, 5) is 14.6. The van der Waals surface area contributed by atoms with Crippen LogP contribution in [-0.4, -0.2) is 54.5 Å². The number of aliphatic hydroxyl groups is 1. The molecule has 172 valence electrons. The van der Waals surface area contributed by atoms with Crippen molar-refractivity contribution >= 4 is 17.5 Å². The molecule has 2 heterocycles. The Bertz CT molecular complexity index is 969. The molecule has 32 heavy (non-hydrogen) atoms. The van der Waals surface area contributed by atoms with Crippen molar-refractivity contribution in [3.8, 4) is 17.2 Å². The molecule has 2 N–H and O–H groups in total. The number of benzene rings is 2. The molecule has 4 rings (SSSR count). The van der Waals surface area contributed by atoms with E-state index in [4.69, 9.17) is 25.8 Å². The van der Waals surface area contributed by atoms with Crippen LogP contribution in [-0.2, 0) is 11.3 Å². The number of nitrogens with one attached hydrogen (secondary N) is 1. The molecule has 2 aliphatic rings. The van der Waals surface area contributed by atoms with Gasteiger partial charge in [-0.05, 0) is 56.5 Å². The van der Waals surface area contributed by atoms with E-state index in [0.29, 0.717) is 48.2 Å². The predicted octanol–water partition coefficient (Wildman–Crippen LogP) is 3.29. The molecule has 0 spiro atoms. The minimum Gasteiger partial charge on any atom is -0.489 e. The zero-order valence-electron chi connectivity index (χ0n) is 18.2. The van der Waals surface area contributed by atoms with Gasteiger partial charge in [0.2, 0.25) is 12.7 Å². The Balaban J connectivity index is 1.25. The summed E-state index contributed by atoms with van der Waals surface area (Å²) in [6, 6.07) is 11.2. The lowest BCUT2D eigenvalue weighted by Crippen LogP contribution is -2.40. The van der Waals surface area contributed by atoms with Gasteiger partial charge >= 0.3 is 0 Å². The number of carbonyl (C=O) groups excluding carboxylic acids is 1. The summed E-state index contributed by atoms with van der Waals surface area (Å²) in [6.07, 6.45) is 1.93. The number of para-hydroxylation sites is 1. The van der Waals surface area contributed by atoms with E-state index in [2.05, 4.69) is 10.2 Å². The van der Waals surface area contributed by atoms with E-state index in [9.17, 15) is 9.90 Å². The number of aryl methyl sites for hydroxylation is 1. The first-order valence-corrected chi connectivity index (χ1v) is 11.3. The van der Waals surface area contributed by atoms with Crippen LogP contribution in [0.3, 0.4) is 0 Å². The summed E-state index contributed by atoms with van der Waals surface area (Å²) in [5.74, 6) is 1.93. The van der Waals surface area contributed by atoms with Gasteiger partial charge in [0.1, 0.15) is 12.4 Å². The number of halogens is 1. The third kappa shape index (κ3) is 5.65. The van der Waals surface area contributed by atoms with Crippen molar-refractivity contribution in [2.75, 3.05) is 33.0 Å². The maximum atomic E-state index is 12.5. The topological polar surface area (TPSA) is 80.3 Å². The van der Waals surface area contributed by atoms with Crippen LogP contribution in [0, 0.1) is 6.92 Å². The Hall–Kier alpha value is -2.48. The average molecular weight is 461 g/mol. The smallest absolute Gasteiger partial charge is 0.234 e. The zero-order chi connectivity index (χ0) is 22.6. The van der Waals surface area contributed by atoms with Gasteiger partial charge in [0, 0.05) is 18.7 Å². The number of hydrogen-bond acceptors (Lipinski definition) is 6. The molecular formula is C24H29ClN2O5. The van der Waals surface area contributed by atoms with Gasteiger partial charge < -0.3 is 24.6 Å². The van der Waals surface area contributed by atoms with Gasteiger partial charge in [-0.25, -0.2) is 0 Å². The molecule has 1 unspecified atom stereocenters. The van der Waals surface area contributed by atoms with Crippen LogP contribution in [0.25, 0.3) is 0 Å². The minimum atomic E-state index is -0.944. The van der Waals surface area contributed by atoms with Gasteiger partial charge in [0.05, 0.1) is 17.2 Å². The maximum absolute atomic E-state index is 12.5. The highest BCUT2D eigenvalue weighted by Gasteiger charge is 2.32. The summed E-state index contributed by atoms with van der Waals surface area (Å²) in [6.45, 7) is 4.39. The number of rotatable bonds is 7. The minimum absolute atomic E-state index is 0.0604. The Morgan fingerprint density at radius 3 is 3.00 bits per heavy atom. The molecule has 1 atom stereocenters. The summed E-state index contributed by atoms with van der Waals surface area (Å²) in [5.41, 5.74) is 1.000. The standard InChI is InChI=1S/C24H29ClN2O5/c1-17-6-7-19(25)21(12-17)30-15-24(29)8-3-10-27(11-9-24)14-22(28)26-13-18-4-2-5-20-23(18)32-16-31-20/h2,4-7,12,29H,3,8-11,13-16H2,1H3,(H,26,28). The first-order chi connectivity index (χ1) is 15.4. The fourth-order valence-corrected chi connectivity index (χ4v) is 4.23. The molecular weight excluding hydrogens is 432 g/mol. The van der Waals surface area contributed by atoms with E-state index >= 15 is 0 Å². The molecule has 1 fully saturated rings. The second-order valence-electron chi connectivity index (χ2n) is 8.50. The van der Waals surface area contributed by atoms with E-state index in [-0.39, 0.29) is 25.9 Å². The van der Waals surface area contributed by atoms with Crippen LogP contribution in [0.15, 0.2) is 36.4 Å². The normalized spacial score (nSPS) is 20.6. The van der Waals surface area contributed by atoms with Crippen LogP contribution in [0.4, 0.5) is 0 Å². The van der Waals surface area contributed by atoms with Crippen LogP contribution in [0.1, 0.15) is 30.4 Å². The molecule has 0 aromatic heterocycles. The van der Waals surface area contributed by atoms with E-state index in [1.54, 1.807) is 6.07 Å². The predicted molar refractivity (Wildman–Crippen MR) is 121 cm³/mol. The van der Waals surface area contributed by atoms with Crippen LogP contribution >= 0.6 is 11.6 Å². The monoisotopic (exact) mass is 460 g/mol. The number of fused-ring (bicyclic) bond motifs is 1. The number of likely N-dealkylation sites (tertiary alicyclic amines) is 1. The number of nitrogens with zero attached hydrogens (tertiary/aromatic N) is 1. The lowest BCUT2D eigenvalue weighted by atomic mass is 9.96. The summed E-state index contributed by atoms with van der Waals surface area (Å²) in [5, 5.41) is 14.5. The Morgan fingerprint density at radius 2 is 2.12 bits per heavy atom. The van der Waals surface area contributed by atoms with Gasteiger partial charge in [-0.1, -0.05) is 29.8 Å². The molecule has 8 heteroatoms. The lowest BCUT2D eigenvalue weighted by Gasteiger charge is -2.27. The van der Waals surface area contributed by atoms with Gasteiger partial charge in [0.25, 0.3) is 0 Å². The number of amides is 1. The highest BCUT2D eigenvalue weighted by molar-refractivity contribution is 6.32. The molecule has 0 radical (unpaired) electrons. The van der Waals surface area contributed by atoms with Crippen molar-refractivity contribution in [2.45, 2.75) is 38.3 Å². The van der Waals surface area contributed by atoms with E-state index in [0.717, 1.165) is 24.1 Å². The van der Waals surface area contributed by atoms with E-state index in [1.807, 2.05) is 37.3 Å². The van der Waals surface area contributed by atoms with Crippen molar-refractivity contribution in [1.29, 1.82) is 0 Å². The Labute approximate surface area is 193 Å². The van der Waals surface area contributed by atoms with Crippen molar-refractivity contribution in [1.82, 2.24) is 10.2 Å². The third-order valence-corrected chi connectivity index (χ3v) is 6.23. The van der Waals surface area contributed by atoms with Crippen molar-refractivity contribution in [3.63, 3.8) is 0 Å². The SMILES string of the molecule is Cc1ccc(Cl)c(OCC2(O)CCCN(CC(=O)NCc3cccc4c3OCO4)CC2)c1. The maximum Gasteiger partial charge on any atom is 0.234 e. The average Bonchev–Trinajstić information content (AvgIpc) is 3.19. The van der Waals surface area contributed by atoms with Crippen LogP contribution in [0.2, 0.25) is 5.02 Å². The molecule has 2 aliphatic heterocycles. The second-order valence-corrected chi connectivity index (χ2v) is 8.91. The van der Waals surface area contributed by atoms with Gasteiger partial charge in [-0.3, -0.25) is 9.69 Å². The van der Waals surface area contributed by atoms with Gasteiger partial charge in [0.15, 0.2) is 11.5 Å². The molecule has 1 amide bonds. The Morgan fingerprint density at radius 1 is 1.25 bits per heavy atom. The first kappa shape index (κ1) is 22.7. The van der Waals surface area contributed by atoms with Crippen molar-refractivity contribution in [3.05, 3.63) is 52.5 Å². The zero-order valence-corrected chi connectivity index (χ0v) is 19.0. The molecule has 1 saturated heterocycles. The molecule has 2 aromatic rings. The van der Waals surface area contributed by atoms with Crippen molar-refractivity contribution in [2.24, 2.45) is 0 Å². The Kier molecular flexibility index (Phi) is 7.08. The number of ether oxygens (including phenoxy) is 3. The fraction of sp³-hybridized carbons (Fsp3) is 0.458. The highest BCUT2D eigenvalue weighted by atomic mass is 35.5. The second kappa shape index (κ2) is 9.98. The van der Waals surface area contributed by atoms with Crippen LogP contribution < -0.4 is 19.5 Å². The van der Waals surface area contributed by atoms with Crippen molar-refractivity contribution < 1.29 is 24.1 Å². The molecule has 0 saturated carbocycles. The largest absolute Gasteiger partial charge is 0.489 e. The molecule has 2 aromatic carbocycles. The van der Waals surface area contributed by atoms with E-state index in [1.165, 1.54) is 0 Å². The lowest BCUT2D eigenvalue weighted by molar-refractivity contribution is -0.122. The van der Waals surface area contributed by atoms with Crippen LogP contribution in [0.5, 0.6) is 17.2 Å². The molecule has 0 aliphatic carbocycles. The van der Waals surface area contributed by atoms with E-state index < -0.39 is 5.60 Å².